The van der Waals surface area contributed by atoms with Crippen LogP contribution in [0.4, 0.5) is 0 Å². The molecule has 8 atom stereocenters. The molecule has 4 saturated carbocycles. The van der Waals surface area contributed by atoms with Gasteiger partial charge in [0, 0.05) is 23.7 Å². The molecule has 5 aliphatic rings. The van der Waals surface area contributed by atoms with Crippen molar-refractivity contribution in [3.8, 4) is 0 Å². The number of carbonyl (C=O) groups is 1. The monoisotopic (exact) mass is 348 g/mol. The number of Topliss-reactive ketones (excluding diaryl/α,β-unsaturated/α-hetero) is 1. The van der Waals surface area contributed by atoms with Crippen LogP contribution in [0.5, 0.6) is 0 Å². The Morgan fingerprint density at radius 3 is 2.68 bits per heavy atom. The maximum atomic E-state index is 13.3. The topological polar surface area (TPSA) is 87.0 Å². The highest BCUT2D eigenvalue weighted by Crippen LogP contribution is 2.75. The first-order chi connectivity index (χ1) is 11.6. The van der Waals surface area contributed by atoms with Crippen LogP contribution in [0.25, 0.3) is 0 Å². The van der Waals surface area contributed by atoms with E-state index in [1.54, 1.807) is 0 Å². The molecule has 5 rings (SSSR count). The van der Waals surface area contributed by atoms with Crippen molar-refractivity contribution in [1.29, 1.82) is 0 Å². The number of fused-ring (bicyclic) bond motifs is 1. The quantitative estimate of drug-likeness (QED) is 0.576. The molecule has 2 bridgehead atoms. The molecule has 25 heavy (non-hydrogen) atoms. The highest BCUT2D eigenvalue weighted by molar-refractivity contribution is 6.04. The van der Waals surface area contributed by atoms with E-state index in [2.05, 4.69) is 20.4 Å². The minimum absolute atomic E-state index is 0.00983. The number of hydrogen-bond donors (Lipinski definition) is 3. The van der Waals surface area contributed by atoms with Crippen molar-refractivity contribution < 1.29 is 24.9 Å². The van der Waals surface area contributed by atoms with E-state index in [0.717, 1.165) is 19.3 Å². The van der Waals surface area contributed by atoms with Crippen molar-refractivity contribution in [2.75, 3.05) is 6.61 Å². The van der Waals surface area contributed by atoms with E-state index in [0.29, 0.717) is 18.6 Å². The van der Waals surface area contributed by atoms with Crippen molar-refractivity contribution in [2.45, 2.75) is 63.9 Å². The molecule has 0 amide bonds. The number of ether oxygens (including phenoxy) is 1. The van der Waals surface area contributed by atoms with Crippen LogP contribution in [0.2, 0.25) is 0 Å². The average molecular weight is 348 g/mol. The van der Waals surface area contributed by atoms with E-state index in [-0.39, 0.29) is 29.0 Å². The molecule has 5 nitrogen and oxygen atoms in total. The summed E-state index contributed by atoms with van der Waals surface area (Å²) in [6.07, 6.45) is 1.69. The summed E-state index contributed by atoms with van der Waals surface area (Å²) in [5, 5.41) is 33.7. The van der Waals surface area contributed by atoms with Gasteiger partial charge in [-0.25, -0.2) is 0 Å². The summed E-state index contributed by atoms with van der Waals surface area (Å²) in [7, 11) is 0. The van der Waals surface area contributed by atoms with Crippen molar-refractivity contribution in [1.82, 2.24) is 0 Å². The van der Waals surface area contributed by atoms with Crippen LogP contribution >= 0.6 is 0 Å². The van der Waals surface area contributed by atoms with Crippen LogP contribution in [0.3, 0.4) is 0 Å². The zero-order valence-electron chi connectivity index (χ0n) is 15.0. The molecule has 5 fully saturated rings. The van der Waals surface area contributed by atoms with Crippen LogP contribution in [0, 0.1) is 34.0 Å². The van der Waals surface area contributed by atoms with E-state index in [9.17, 15) is 20.1 Å². The van der Waals surface area contributed by atoms with E-state index in [1.165, 1.54) is 0 Å². The Morgan fingerprint density at radius 1 is 1.24 bits per heavy atom. The summed E-state index contributed by atoms with van der Waals surface area (Å²) >= 11 is 0. The molecular formula is C20H28O5. The summed E-state index contributed by atoms with van der Waals surface area (Å²) in [4.78, 5) is 13.3. The van der Waals surface area contributed by atoms with Crippen LogP contribution in [-0.2, 0) is 9.53 Å². The van der Waals surface area contributed by atoms with Gasteiger partial charge in [-0.05, 0) is 36.2 Å². The standard InChI is InChI=1S/C20H28O5/c1-10-11-8-19(24)16-18(9-25-19)6-4-5-17(2,3)12(18)7-13(21)20(16,14(10)22)15(11)23/h11-13,15-16,21,23-24H,1,4-9H2,2-3H3/t11?,12-,13?,15?,16-,18?,19-,20?/m1/s1. The van der Waals surface area contributed by atoms with Gasteiger partial charge in [0.2, 0.25) is 0 Å². The van der Waals surface area contributed by atoms with Gasteiger partial charge in [0.1, 0.15) is 0 Å². The smallest absolute Gasteiger partial charge is 0.170 e. The molecule has 1 aliphatic heterocycles. The van der Waals surface area contributed by atoms with Gasteiger partial charge in [-0.2, -0.15) is 0 Å². The Labute approximate surface area is 148 Å². The highest BCUT2D eigenvalue weighted by atomic mass is 16.6. The lowest BCUT2D eigenvalue weighted by atomic mass is 9.39. The minimum atomic E-state index is -1.45. The third-order valence-electron chi connectivity index (χ3n) is 8.72. The molecule has 2 spiro atoms. The van der Waals surface area contributed by atoms with Crippen molar-refractivity contribution >= 4 is 5.78 Å². The predicted octanol–water partition coefficient (Wildman–Crippen LogP) is 1.40. The number of aliphatic hydroxyl groups is 3. The Kier molecular flexibility index (Phi) is 2.88. The number of hydrogen-bond acceptors (Lipinski definition) is 5. The summed E-state index contributed by atoms with van der Waals surface area (Å²) in [5.41, 5.74) is -1.35. The lowest BCUT2D eigenvalue weighted by Crippen LogP contribution is -2.71. The first-order valence-electron chi connectivity index (χ1n) is 9.57. The second-order valence-corrected chi connectivity index (χ2v) is 9.99. The van der Waals surface area contributed by atoms with Gasteiger partial charge in [0.25, 0.3) is 0 Å². The van der Waals surface area contributed by atoms with E-state index < -0.39 is 35.2 Å². The largest absolute Gasteiger partial charge is 0.392 e. The fraction of sp³-hybridized carbons (Fsp3) is 0.850. The summed E-state index contributed by atoms with van der Waals surface area (Å²) in [6.45, 7) is 8.76. The molecular weight excluding hydrogens is 320 g/mol. The molecule has 1 heterocycles. The lowest BCUT2D eigenvalue weighted by Gasteiger charge is -2.64. The number of rotatable bonds is 0. The van der Waals surface area contributed by atoms with Crippen molar-refractivity contribution in [3.05, 3.63) is 12.2 Å². The SMILES string of the molecule is C=C1C(=O)C23C(O)C[C@@H]4C(C)(C)CCCC45CO[C@](O)(CC1C2O)[C@H]35. The second-order valence-electron chi connectivity index (χ2n) is 9.99. The molecule has 0 radical (unpaired) electrons. The summed E-state index contributed by atoms with van der Waals surface area (Å²) < 4.78 is 6.02. The predicted molar refractivity (Wildman–Crippen MR) is 89.3 cm³/mol. The molecule has 1 saturated heterocycles. The summed E-state index contributed by atoms with van der Waals surface area (Å²) in [5.74, 6) is -2.61. The van der Waals surface area contributed by atoms with E-state index in [4.69, 9.17) is 4.74 Å². The first kappa shape index (κ1) is 16.4. The first-order valence-corrected chi connectivity index (χ1v) is 9.57. The molecule has 3 N–H and O–H groups in total. The molecule has 0 aromatic rings. The van der Waals surface area contributed by atoms with Gasteiger partial charge in [0.05, 0.1) is 24.2 Å². The van der Waals surface area contributed by atoms with Gasteiger partial charge in [-0.3, -0.25) is 4.79 Å². The number of ketones is 1. The maximum Gasteiger partial charge on any atom is 0.170 e. The van der Waals surface area contributed by atoms with Gasteiger partial charge in [-0.1, -0.05) is 26.8 Å². The van der Waals surface area contributed by atoms with Gasteiger partial charge in [0.15, 0.2) is 11.6 Å². The Morgan fingerprint density at radius 2 is 1.96 bits per heavy atom. The second kappa shape index (κ2) is 4.38. The fourth-order valence-corrected chi connectivity index (χ4v) is 7.89. The van der Waals surface area contributed by atoms with Crippen LogP contribution in [-0.4, -0.2) is 45.7 Å². The third-order valence-corrected chi connectivity index (χ3v) is 8.72. The fourth-order valence-electron chi connectivity index (χ4n) is 7.89. The molecule has 4 aliphatic carbocycles. The number of aliphatic hydroxyl groups excluding tert-OH is 2. The summed E-state index contributed by atoms with van der Waals surface area (Å²) in [6, 6.07) is 0. The zero-order chi connectivity index (χ0) is 18.0. The Hall–Kier alpha value is -0.750. The molecule has 0 aromatic heterocycles. The minimum Gasteiger partial charge on any atom is -0.392 e. The average Bonchev–Trinajstić information content (AvgIpc) is 2.89. The van der Waals surface area contributed by atoms with Gasteiger partial charge >= 0.3 is 0 Å². The van der Waals surface area contributed by atoms with E-state index in [1.807, 2.05) is 0 Å². The highest BCUT2D eigenvalue weighted by Gasteiger charge is 2.82. The zero-order valence-corrected chi connectivity index (χ0v) is 15.0. The van der Waals surface area contributed by atoms with Gasteiger partial charge < -0.3 is 20.1 Å². The van der Waals surface area contributed by atoms with Crippen LogP contribution in [0.1, 0.15) is 46.0 Å². The lowest BCUT2D eigenvalue weighted by molar-refractivity contribution is -0.293. The third kappa shape index (κ3) is 1.51. The maximum absolute atomic E-state index is 13.3. The molecule has 5 unspecified atom stereocenters. The number of carbonyl (C=O) groups excluding carboxylic acids is 1. The van der Waals surface area contributed by atoms with Crippen molar-refractivity contribution in [3.63, 3.8) is 0 Å². The molecule has 5 heteroatoms. The normalized spacial score (nSPS) is 58.8. The van der Waals surface area contributed by atoms with Gasteiger partial charge in [-0.15, -0.1) is 0 Å². The Bertz CT molecular complexity index is 686. The van der Waals surface area contributed by atoms with Crippen LogP contribution < -0.4 is 0 Å². The Balaban J connectivity index is 1.77. The van der Waals surface area contributed by atoms with E-state index >= 15 is 0 Å². The van der Waals surface area contributed by atoms with Crippen molar-refractivity contribution in [2.24, 2.45) is 34.0 Å². The molecule has 0 aromatic carbocycles. The molecule has 138 valence electrons. The van der Waals surface area contributed by atoms with Crippen LogP contribution in [0.15, 0.2) is 12.2 Å².